The third-order valence-electron chi connectivity index (χ3n) is 4.34. The SMILES string of the molecule is COc1ccccc1[C@H](C)NC(=O)C1C(C(=O)O)C1(C)C. The highest BCUT2D eigenvalue weighted by atomic mass is 16.5. The van der Waals surface area contributed by atoms with E-state index in [0.29, 0.717) is 5.75 Å². The average Bonchev–Trinajstić information content (AvgIpc) is 3.01. The molecule has 0 radical (unpaired) electrons. The van der Waals surface area contributed by atoms with E-state index in [-0.39, 0.29) is 11.9 Å². The van der Waals surface area contributed by atoms with E-state index < -0.39 is 23.2 Å². The fourth-order valence-corrected chi connectivity index (χ4v) is 2.99. The zero-order chi connectivity index (χ0) is 15.8. The van der Waals surface area contributed by atoms with Crippen molar-refractivity contribution in [2.24, 2.45) is 17.3 Å². The van der Waals surface area contributed by atoms with Crippen molar-refractivity contribution in [2.45, 2.75) is 26.8 Å². The van der Waals surface area contributed by atoms with Gasteiger partial charge in [0.2, 0.25) is 5.91 Å². The Morgan fingerprint density at radius 3 is 2.43 bits per heavy atom. The first-order valence-corrected chi connectivity index (χ1v) is 6.96. The van der Waals surface area contributed by atoms with Gasteiger partial charge in [-0.25, -0.2) is 0 Å². The zero-order valence-corrected chi connectivity index (χ0v) is 12.7. The molecule has 0 heterocycles. The van der Waals surface area contributed by atoms with Crippen molar-refractivity contribution in [3.63, 3.8) is 0 Å². The molecule has 1 aromatic carbocycles. The van der Waals surface area contributed by atoms with Gasteiger partial charge < -0.3 is 15.2 Å². The molecular weight excluding hydrogens is 270 g/mol. The van der Waals surface area contributed by atoms with Crippen LogP contribution < -0.4 is 10.1 Å². The number of aliphatic carboxylic acids is 1. The van der Waals surface area contributed by atoms with Gasteiger partial charge in [0.15, 0.2) is 0 Å². The number of benzene rings is 1. The number of carbonyl (C=O) groups excluding carboxylic acids is 1. The van der Waals surface area contributed by atoms with E-state index in [1.165, 1.54) is 0 Å². The first-order valence-electron chi connectivity index (χ1n) is 6.96. The molecule has 5 nitrogen and oxygen atoms in total. The lowest BCUT2D eigenvalue weighted by Crippen LogP contribution is -2.30. The molecule has 0 saturated heterocycles. The minimum Gasteiger partial charge on any atom is -0.496 e. The highest BCUT2D eigenvalue weighted by Gasteiger charge is 2.65. The topological polar surface area (TPSA) is 75.6 Å². The molecule has 1 fully saturated rings. The van der Waals surface area contributed by atoms with Crippen molar-refractivity contribution in [3.8, 4) is 5.75 Å². The predicted molar refractivity (Wildman–Crippen MR) is 77.9 cm³/mol. The molecule has 1 amide bonds. The molecule has 0 bridgehead atoms. The molecule has 2 rings (SSSR count). The molecule has 1 saturated carbocycles. The molecule has 21 heavy (non-hydrogen) atoms. The van der Waals surface area contributed by atoms with Crippen molar-refractivity contribution in [1.82, 2.24) is 5.32 Å². The quantitative estimate of drug-likeness (QED) is 0.872. The Bertz CT molecular complexity index is 567. The number of hydrogen-bond acceptors (Lipinski definition) is 3. The van der Waals surface area contributed by atoms with Gasteiger partial charge in [-0.15, -0.1) is 0 Å². The van der Waals surface area contributed by atoms with Crippen LogP contribution >= 0.6 is 0 Å². The molecule has 0 spiro atoms. The molecule has 0 aliphatic heterocycles. The fraction of sp³-hybridized carbons (Fsp3) is 0.500. The summed E-state index contributed by atoms with van der Waals surface area (Å²) < 4.78 is 5.28. The van der Waals surface area contributed by atoms with Crippen LogP contribution in [0.25, 0.3) is 0 Å². The Morgan fingerprint density at radius 1 is 1.29 bits per heavy atom. The first-order chi connectivity index (χ1) is 9.80. The van der Waals surface area contributed by atoms with Gasteiger partial charge in [-0.2, -0.15) is 0 Å². The van der Waals surface area contributed by atoms with Gasteiger partial charge in [0.25, 0.3) is 0 Å². The normalized spacial score (nSPS) is 24.0. The van der Waals surface area contributed by atoms with E-state index >= 15 is 0 Å². The maximum atomic E-state index is 12.3. The van der Waals surface area contributed by atoms with Crippen LogP contribution in [0.2, 0.25) is 0 Å². The second-order valence-electron chi connectivity index (χ2n) is 6.09. The van der Waals surface area contributed by atoms with Crippen LogP contribution in [0, 0.1) is 17.3 Å². The third kappa shape index (κ3) is 2.73. The van der Waals surface area contributed by atoms with E-state index in [9.17, 15) is 9.59 Å². The number of carboxylic acids is 1. The summed E-state index contributed by atoms with van der Waals surface area (Å²) in [5.41, 5.74) is 0.384. The molecule has 0 aromatic heterocycles. The summed E-state index contributed by atoms with van der Waals surface area (Å²) in [6.07, 6.45) is 0. The van der Waals surface area contributed by atoms with Crippen LogP contribution in [0.4, 0.5) is 0 Å². The van der Waals surface area contributed by atoms with Crippen molar-refractivity contribution in [2.75, 3.05) is 7.11 Å². The lowest BCUT2D eigenvalue weighted by Gasteiger charge is -2.17. The van der Waals surface area contributed by atoms with Gasteiger partial charge in [0, 0.05) is 5.56 Å². The minimum atomic E-state index is -0.912. The number of hydrogen-bond donors (Lipinski definition) is 2. The van der Waals surface area contributed by atoms with Gasteiger partial charge >= 0.3 is 5.97 Å². The van der Waals surface area contributed by atoms with Crippen molar-refractivity contribution < 1.29 is 19.4 Å². The Kier molecular flexibility index (Phi) is 3.94. The molecular formula is C16H21NO4. The van der Waals surface area contributed by atoms with E-state index in [1.54, 1.807) is 7.11 Å². The molecule has 2 unspecified atom stereocenters. The summed E-state index contributed by atoms with van der Waals surface area (Å²) in [7, 11) is 1.58. The molecule has 2 N–H and O–H groups in total. The van der Waals surface area contributed by atoms with E-state index in [2.05, 4.69) is 5.32 Å². The summed E-state index contributed by atoms with van der Waals surface area (Å²) >= 11 is 0. The monoisotopic (exact) mass is 291 g/mol. The smallest absolute Gasteiger partial charge is 0.307 e. The van der Waals surface area contributed by atoms with Gasteiger partial charge in [-0.3, -0.25) is 9.59 Å². The number of para-hydroxylation sites is 1. The fourth-order valence-electron chi connectivity index (χ4n) is 2.99. The second kappa shape index (κ2) is 5.39. The van der Waals surface area contributed by atoms with Gasteiger partial charge in [-0.1, -0.05) is 32.0 Å². The molecule has 1 aliphatic carbocycles. The number of carboxylic acid groups (broad SMARTS) is 1. The number of amides is 1. The van der Waals surface area contributed by atoms with E-state index in [0.717, 1.165) is 5.56 Å². The minimum absolute atomic E-state index is 0.217. The van der Waals surface area contributed by atoms with Crippen molar-refractivity contribution in [1.29, 1.82) is 0 Å². The van der Waals surface area contributed by atoms with Crippen molar-refractivity contribution in [3.05, 3.63) is 29.8 Å². The number of ether oxygens (including phenoxy) is 1. The summed E-state index contributed by atoms with van der Waals surface area (Å²) in [6.45, 7) is 5.48. The van der Waals surface area contributed by atoms with Crippen LogP contribution in [0.1, 0.15) is 32.4 Å². The summed E-state index contributed by atoms with van der Waals surface area (Å²) in [4.78, 5) is 23.5. The molecule has 5 heteroatoms. The highest BCUT2D eigenvalue weighted by molar-refractivity contribution is 5.91. The first kappa shape index (κ1) is 15.4. The average molecular weight is 291 g/mol. The van der Waals surface area contributed by atoms with Crippen LogP contribution in [-0.2, 0) is 9.59 Å². The molecule has 3 atom stereocenters. The van der Waals surface area contributed by atoms with Crippen LogP contribution in [0.5, 0.6) is 5.75 Å². The second-order valence-corrected chi connectivity index (χ2v) is 6.09. The van der Waals surface area contributed by atoms with Gasteiger partial charge in [0.05, 0.1) is 25.0 Å². The highest BCUT2D eigenvalue weighted by Crippen LogP contribution is 2.58. The summed E-state index contributed by atoms with van der Waals surface area (Å²) in [6, 6.07) is 7.22. The maximum absolute atomic E-state index is 12.3. The number of methoxy groups -OCH3 is 1. The number of carbonyl (C=O) groups is 2. The Balaban J connectivity index is 2.09. The van der Waals surface area contributed by atoms with Crippen molar-refractivity contribution >= 4 is 11.9 Å². The Morgan fingerprint density at radius 2 is 1.90 bits per heavy atom. The molecule has 1 aliphatic rings. The Labute approximate surface area is 124 Å². The van der Waals surface area contributed by atoms with Gasteiger partial charge in [0.1, 0.15) is 5.75 Å². The lowest BCUT2D eigenvalue weighted by atomic mass is 10.1. The number of nitrogens with one attached hydrogen (secondary N) is 1. The van der Waals surface area contributed by atoms with Gasteiger partial charge in [-0.05, 0) is 18.4 Å². The van der Waals surface area contributed by atoms with E-state index in [1.807, 2.05) is 45.0 Å². The number of rotatable bonds is 5. The Hall–Kier alpha value is -2.04. The third-order valence-corrected chi connectivity index (χ3v) is 4.34. The molecule has 1 aromatic rings. The van der Waals surface area contributed by atoms with Crippen LogP contribution in [0.15, 0.2) is 24.3 Å². The summed E-state index contributed by atoms with van der Waals surface area (Å²) in [5, 5.41) is 12.0. The largest absolute Gasteiger partial charge is 0.496 e. The maximum Gasteiger partial charge on any atom is 0.307 e. The van der Waals surface area contributed by atoms with Crippen LogP contribution in [-0.4, -0.2) is 24.1 Å². The predicted octanol–water partition coefficient (Wildman–Crippen LogP) is 2.23. The zero-order valence-electron chi connectivity index (χ0n) is 12.7. The lowest BCUT2D eigenvalue weighted by molar-refractivity contribution is -0.140. The summed E-state index contributed by atoms with van der Waals surface area (Å²) in [5.74, 6) is -1.51. The van der Waals surface area contributed by atoms with E-state index in [4.69, 9.17) is 9.84 Å². The molecule has 114 valence electrons. The van der Waals surface area contributed by atoms with Crippen LogP contribution in [0.3, 0.4) is 0 Å². The standard InChI is InChI=1S/C16H21NO4/c1-9(10-7-5-6-8-11(10)21-4)17-14(18)12-13(15(19)20)16(12,2)3/h5-9,12-13H,1-4H3,(H,17,18)(H,19,20)/t9-,12?,13?/m0/s1.